The Labute approximate surface area is 101 Å². The zero-order valence-electron chi connectivity index (χ0n) is 11.7. The van der Waals surface area contributed by atoms with Gasteiger partial charge >= 0.3 is 0 Å². The lowest BCUT2D eigenvalue weighted by molar-refractivity contribution is 0.106. The van der Waals surface area contributed by atoms with Gasteiger partial charge in [-0.25, -0.2) is 0 Å². The lowest BCUT2D eigenvalue weighted by atomic mass is 9.85. The van der Waals surface area contributed by atoms with Crippen LogP contribution < -0.4 is 5.32 Å². The standard InChI is InChI=1S/C13H30N2O/c1-6-8-13(4,10-14-7-2)11-15(5)9-12(3)16/h12,14,16H,6-11H2,1-5H3. The minimum absolute atomic E-state index is 0.241. The van der Waals surface area contributed by atoms with Gasteiger partial charge in [-0.05, 0) is 32.4 Å². The maximum absolute atomic E-state index is 9.37. The Hall–Kier alpha value is -0.120. The molecule has 0 radical (unpaired) electrons. The van der Waals surface area contributed by atoms with Crippen LogP contribution in [-0.4, -0.2) is 49.3 Å². The predicted molar refractivity (Wildman–Crippen MR) is 70.7 cm³/mol. The first kappa shape index (κ1) is 15.9. The number of nitrogens with one attached hydrogen (secondary N) is 1. The average Bonchev–Trinajstić information content (AvgIpc) is 2.13. The van der Waals surface area contributed by atoms with Gasteiger partial charge in [0.25, 0.3) is 0 Å². The highest BCUT2D eigenvalue weighted by atomic mass is 16.3. The van der Waals surface area contributed by atoms with Crippen molar-refractivity contribution in [2.45, 2.75) is 46.6 Å². The first-order chi connectivity index (χ1) is 7.43. The van der Waals surface area contributed by atoms with Gasteiger partial charge in [-0.15, -0.1) is 0 Å². The normalized spacial score (nSPS) is 17.4. The first-order valence-corrected chi connectivity index (χ1v) is 6.51. The van der Waals surface area contributed by atoms with Crippen molar-refractivity contribution >= 4 is 0 Å². The van der Waals surface area contributed by atoms with Gasteiger partial charge < -0.3 is 15.3 Å². The van der Waals surface area contributed by atoms with Crippen molar-refractivity contribution in [2.24, 2.45) is 5.41 Å². The predicted octanol–water partition coefficient (Wildman–Crippen LogP) is 1.71. The Morgan fingerprint density at radius 2 is 2.00 bits per heavy atom. The molecule has 98 valence electrons. The summed E-state index contributed by atoms with van der Waals surface area (Å²) in [5, 5.41) is 12.8. The van der Waals surface area contributed by atoms with Crippen LogP contribution in [0.5, 0.6) is 0 Å². The van der Waals surface area contributed by atoms with E-state index in [1.165, 1.54) is 12.8 Å². The van der Waals surface area contributed by atoms with E-state index in [-0.39, 0.29) is 6.10 Å². The van der Waals surface area contributed by atoms with Crippen molar-refractivity contribution in [3.05, 3.63) is 0 Å². The maximum atomic E-state index is 9.37. The Bertz CT molecular complexity index is 173. The molecule has 0 amide bonds. The molecule has 0 aliphatic carbocycles. The molecule has 2 N–H and O–H groups in total. The Kier molecular flexibility index (Phi) is 7.98. The number of hydrogen-bond donors (Lipinski definition) is 2. The molecule has 2 unspecified atom stereocenters. The molecule has 0 fully saturated rings. The summed E-state index contributed by atoms with van der Waals surface area (Å²) in [5.41, 5.74) is 0.314. The van der Waals surface area contributed by atoms with Crippen LogP contribution in [0.2, 0.25) is 0 Å². The number of rotatable bonds is 9. The van der Waals surface area contributed by atoms with E-state index in [1.807, 2.05) is 6.92 Å². The fraction of sp³-hybridized carbons (Fsp3) is 1.00. The van der Waals surface area contributed by atoms with E-state index < -0.39 is 0 Å². The van der Waals surface area contributed by atoms with Crippen molar-refractivity contribution < 1.29 is 5.11 Å². The highest BCUT2D eigenvalue weighted by Gasteiger charge is 2.24. The molecular weight excluding hydrogens is 200 g/mol. The van der Waals surface area contributed by atoms with Gasteiger partial charge in [0, 0.05) is 19.6 Å². The van der Waals surface area contributed by atoms with E-state index in [9.17, 15) is 5.11 Å². The molecule has 0 aromatic carbocycles. The van der Waals surface area contributed by atoms with Crippen LogP contribution in [0.1, 0.15) is 40.5 Å². The van der Waals surface area contributed by atoms with Crippen molar-refractivity contribution in [3.8, 4) is 0 Å². The highest BCUT2D eigenvalue weighted by molar-refractivity contribution is 4.80. The topological polar surface area (TPSA) is 35.5 Å². The second-order valence-electron chi connectivity index (χ2n) is 5.39. The molecule has 0 heterocycles. The molecule has 0 aromatic rings. The molecule has 0 saturated heterocycles. The molecule has 3 nitrogen and oxygen atoms in total. The molecule has 0 saturated carbocycles. The van der Waals surface area contributed by atoms with Crippen molar-refractivity contribution in [3.63, 3.8) is 0 Å². The summed E-state index contributed by atoms with van der Waals surface area (Å²) in [6.07, 6.45) is 2.20. The van der Waals surface area contributed by atoms with E-state index in [1.54, 1.807) is 0 Å². The summed E-state index contributed by atoms with van der Waals surface area (Å²) in [7, 11) is 2.09. The third-order valence-corrected chi connectivity index (χ3v) is 2.88. The van der Waals surface area contributed by atoms with E-state index in [4.69, 9.17) is 0 Å². The van der Waals surface area contributed by atoms with Gasteiger partial charge in [0.15, 0.2) is 0 Å². The molecule has 0 aliphatic heterocycles. The minimum Gasteiger partial charge on any atom is -0.392 e. The number of aliphatic hydroxyl groups is 1. The van der Waals surface area contributed by atoms with E-state index >= 15 is 0 Å². The summed E-state index contributed by atoms with van der Waals surface area (Å²) < 4.78 is 0. The molecule has 0 aliphatic rings. The summed E-state index contributed by atoms with van der Waals surface area (Å²) in [4.78, 5) is 2.23. The molecule has 2 atom stereocenters. The number of nitrogens with zero attached hydrogens (tertiary/aromatic N) is 1. The molecule has 16 heavy (non-hydrogen) atoms. The lowest BCUT2D eigenvalue weighted by Crippen LogP contribution is -2.42. The van der Waals surface area contributed by atoms with Crippen LogP contribution in [0.15, 0.2) is 0 Å². The second kappa shape index (κ2) is 8.04. The fourth-order valence-corrected chi connectivity index (χ4v) is 2.42. The van der Waals surface area contributed by atoms with E-state index in [0.717, 1.165) is 26.2 Å². The summed E-state index contributed by atoms with van der Waals surface area (Å²) in [6.45, 7) is 12.4. The largest absolute Gasteiger partial charge is 0.392 e. The van der Waals surface area contributed by atoms with Crippen molar-refractivity contribution in [1.82, 2.24) is 10.2 Å². The summed E-state index contributed by atoms with van der Waals surface area (Å²) in [5.74, 6) is 0. The van der Waals surface area contributed by atoms with Gasteiger partial charge in [-0.3, -0.25) is 0 Å². The van der Waals surface area contributed by atoms with Crippen LogP contribution >= 0.6 is 0 Å². The average molecular weight is 230 g/mol. The Morgan fingerprint density at radius 1 is 1.38 bits per heavy atom. The van der Waals surface area contributed by atoms with Crippen molar-refractivity contribution in [1.29, 1.82) is 0 Å². The van der Waals surface area contributed by atoms with E-state index in [0.29, 0.717) is 5.41 Å². The second-order valence-corrected chi connectivity index (χ2v) is 5.39. The summed E-state index contributed by atoms with van der Waals surface area (Å²) >= 11 is 0. The number of aliphatic hydroxyl groups excluding tert-OH is 1. The number of likely N-dealkylation sites (N-methyl/N-ethyl adjacent to an activating group) is 1. The minimum atomic E-state index is -0.241. The van der Waals surface area contributed by atoms with Gasteiger partial charge in [-0.2, -0.15) is 0 Å². The van der Waals surface area contributed by atoms with Crippen molar-refractivity contribution in [2.75, 3.05) is 33.2 Å². The molecule has 0 spiro atoms. The van der Waals surface area contributed by atoms with Gasteiger partial charge in [-0.1, -0.05) is 27.2 Å². The molecule has 3 heteroatoms. The highest BCUT2D eigenvalue weighted by Crippen LogP contribution is 2.23. The van der Waals surface area contributed by atoms with Gasteiger partial charge in [0.2, 0.25) is 0 Å². The fourth-order valence-electron chi connectivity index (χ4n) is 2.42. The smallest absolute Gasteiger partial charge is 0.0638 e. The summed E-state index contributed by atoms with van der Waals surface area (Å²) in [6, 6.07) is 0. The van der Waals surface area contributed by atoms with Crippen LogP contribution in [0.4, 0.5) is 0 Å². The zero-order chi connectivity index (χ0) is 12.6. The molecule has 0 rings (SSSR count). The van der Waals surface area contributed by atoms with Gasteiger partial charge in [0.1, 0.15) is 0 Å². The third-order valence-electron chi connectivity index (χ3n) is 2.88. The number of hydrogen-bond acceptors (Lipinski definition) is 3. The molecular formula is C13H30N2O. The van der Waals surface area contributed by atoms with E-state index in [2.05, 4.69) is 38.0 Å². The molecule has 0 bridgehead atoms. The Morgan fingerprint density at radius 3 is 2.44 bits per heavy atom. The monoisotopic (exact) mass is 230 g/mol. The van der Waals surface area contributed by atoms with Crippen LogP contribution in [0, 0.1) is 5.41 Å². The quantitative estimate of drug-likeness (QED) is 0.633. The molecule has 0 aromatic heterocycles. The SMILES string of the molecule is CCCC(C)(CNCC)CN(C)CC(C)O. The van der Waals surface area contributed by atoms with Crippen LogP contribution in [0.3, 0.4) is 0 Å². The van der Waals surface area contributed by atoms with Gasteiger partial charge in [0.05, 0.1) is 6.10 Å². The third kappa shape index (κ3) is 7.20. The zero-order valence-corrected chi connectivity index (χ0v) is 11.7. The van der Waals surface area contributed by atoms with Crippen LogP contribution in [-0.2, 0) is 0 Å². The lowest BCUT2D eigenvalue weighted by Gasteiger charge is -2.34. The Balaban J connectivity index is 4.18. The maximum Gasteiger partial charge on any atom is 0.0638 e. The van der Waals surface area contributed by atoms with Crippen LogP contribution in [0.25, 0.3) is 0 Å². The first-order valence-electron chi connectivity index (χ1n) is 6.51.